The lowest BCUT2D eigenvalue weighted by atomic mass is 10.1. The number of hydrogen-bond acceptors (Lipinski definition) is 3. The van der Waals surface area contributed by atoms with E-state index in [0.717, 1.165) is 17.8 Å². The van der Waals surface area contributed by atoms with Crippen LogP contribution < -0.4 is 10.6 Å². The van der Waals surface area contributed by atoms with Gasteiger partial charge in [0.15, 0.2) is 0 Å². The minimum absolute atomic E-state index is 0.245. The van der Waals surface area contributed by atoms with E-state index in [1.54, 1.807) is 0 Å². The number of aromatic nitrogens is 2. The summed E-state index contributed by atoms with van der Waals surface area (Å²) in [5, 5.41) is 9.85. The van der Waals surface area contributed by atoms with Crippen LogP contribution in [0.5, 0.6) is 0 Å². The van der Waals surface area contributed by atoms with E-state index in [-0.39, 0.29) is 6.04 Å². The zero-order valence-corrected chi connectivity index (χ0v) is 15.5. The van der Waals surface area contributed by atoms with E-state index in [2.05, 4.69) is 29.6 Å². The van der Waals surface area contributed by atoms with Gasteiger partial charge in [0.1, 0.15) is 0 Å². The summed E-state index contributed by atoms with van der Waals surface area (Å²) in [6, 6.07) is 9.28. The van der Waals surface area contributed by atoms with Crippen molar-refractivity contribution in [1.29, 1.82) is 0 Å². The van der Waals surface area contributed by atoms with E-state index in [1.165, 1.54) is 0 Å². The first kappa shape index (κ1) is 18.7. The fourth-order valence-electron chi connectivity index (χ4n) is 2.66. The van der Waals surface area contributed by atoms with Crippen molar-refractivity contribution in [2.24, 2.45) is 5.92 Å². The number of carbonyl (C=O) groups excluding carboxylic acids is 2. The Labute approximate surface area is 148 Å². The highest BCUT2D eigenvalue weighted by molar-refractivity contribution is 6.39. The molecule has 2 aromatic rings. The lowest BCUT2D eigenvalue weighted by Gasteiger charge is -2.14. The van der Waals surface area contributed by atoms with Gasteiger partial charge in [-0.05, 0) is 32.3 Å². The molecular formula is C19H26N4O2. The molecule has 0 aliphatic heterocycles. The number of aryl methyl sites for hydroxylation is 1. The van der Waals surface area contributed by atoms with Crippen molar-refractivity contribution in [2.45, 2.75) is 47.2 Å². The van der Waals surface area contributed by atoms with Gasteiger partial charge in [0.2, 0.25) is 0 Å². The monoisotopic (exact) mass is 342 g/mol. The Balaban J connectivity index is 2.04. The molecule has 2 N–H and O–H groups in total. The number of benzene rings is 1. The smallest absolute Gasteiger partial charge is 0.313 e. The van der Waals surface area contributed by atoms with Crippen molar-refractivity contribution < 1.29 is 9.59 Å². The Hall–Kier alpha value is -2.63. The van der Waals surface area contributed by atoms with Gasteiger partial charge in [-0.25, -0.2) is 0 Å². The molecule has 0 saturated heterocycles. The van der Waals surface area contributed by atoms with Crippen LogP contribution in [0.25, 0.3) is 0 Å². The van der Waals surface area contributed by atoms with Crippen molar-refractivity contribution >= 4 is 17.5 Å². The van der Waals surface area contributed by atoms with E-state index in [9.17, 15) is 9.59 Å². The van der Waals surface area contributed by atoms with Gasteiger partial charge in [0.05, 0.1) is 23.1 Å². The van der Waals surface area contributed by atoms with Crippen LogP contribution in [0, 0.1) is 19.8 Å². The molecule has 1 heterocycles. The Kier molecular flexibility index (Phi) is 5.96. The van der Waals surface area contributed by atoms with Crippen LogP contribution in [-0.2, 0) is 16.1 Å². The molecule has 1 atom stereocenters. The predicted molar refractivity (Wildman–Crippen MR) is 98.2 cm³/mol. The van der Waals surface area contributed by atoms with Crippen LogP contribution in [0.3, 0.4) is 0 Å². The van der Waals surface area contributed by atoms with Crippen molar-refractivity contribution in [1.82, 2.24) is 15.1 Å². The maximum atomic E-state index is 12.3. The topological polar surface area (TPSA) is 76.0 Å². The molecule has 0 spiro atoms. The second-order valence-electron chi connectivity index (χ2n) is 6.68. The quantitative estimate of drug-likeness (QED) is 0.820. The van der Waals surface area contributed by atoms with E-state index in [0.29, 0.717) is 17.3 Å². The summed E-state index contributed by atoms with van der Waals surface area (Å²) in [6.45, 7) is 10.5. The summed E-state index contributed by atoms with van der Waals surface area (Å²) < 4.78 is 1.86. The molecule has 0 unspecified atom stereocenters. The molecule has 0 aliphatic carbocycles. The van der Waals surface area contributed by atoms with Crippen molar-refractivity contribution in [2.75, 3.05) is 5.32 Å². The normalized spacial score (nSPS) is 12.1. The van der Waals surface area contributed by atoms with Gasteiger partial charge < -0.3 is 10.6 Å². The number of nitrogens with one attached hydrogen (secondary N) is 2. The van der Waals surface area contributed by atoms with Gasteiger partial charge in [0.25, 0.3) is 0 Å². The van der Waals surface area contributed by atoms with Crippen LogP contribution in [0.15, 0.2) is 30.3 Å². The molecule has 0 saturated carbocycles. The zero-order chi connectivity index (χ0) is 18.6. The maximum absolute atomic E-state index is 12.3. The van der Waals surface area contributed by atoms with E-state index in [4.69, 9.17) is 0 Å². The van der Waals surface area contributed by atoms with Gasteiger partial charge >= 0.3 is 11.8 Å². The number of amides is 2. The molecule has 0 fully saturated rings. The van der Waals surface area contributed by atoms with Crippen LogP contribution in [0.2, 0.25) is 0 Å². The summed E-state index contributed by atoms with van der Waals surface area (Å²) in [5.41, 5.74) is 3.10. The van der Waals surface area contributed by atoms with E-state index >= 15 is 0 Å². The fraction of sp³-hybridized carbons (Fsp3) is 0.421. The molecule has 0 bridgehead atoms. The van der Waals surface area contributed by atoms with Gasteiger partial charge in [-0.15, -0.1) is 0 Å². The third kappa shape index (κ3) is 4.68. The van der Waals surface area contributed by atoms with E-state index < -0.39 is 11.8 Å². The van der Waals surface area contributed by atoms with Crippen molar-refractivity contribution in [3.63, 3.8) is 0 Å². The van der Waals surface area contributed by atoms with Crippen molar-refractivity contribution in [3.8, 4) is 0 Å². The minimum atomic E-state index is -0.682. The predicted octanol–water partition coefficient (Wildman–Crippen LogP) is 2.97. The second kappa shape index (κ2) is 7.96. The summed E-state index contributed by atoms with van der Waals surface area (Å²) in [7, 11) is 0. The SMILES string of the molecule is Cc1nn(CC(C)C)c(C)c1NC(=O)C(=O)N[C@@H](C)c1ccccc1. The standard InChI is InChI=1S/C19H26N4O2/c1-12(2)11-23-15(5)17(14(4)22-23)21-19(25)18(24)20-13(3)16-9-7-6-8-10-16/h6-10,12-13H,11H2,1-5H3,(H,20,24)(H,21,25)/t13-/m0/s1. The van der Waals surface area contributed by atoms with Gasteiger partial charge in [0, 0.05) is 6.54 Å². The first-order valence-electron chi connectivity index (χ1n) is 8.50. The highest BCUT2D eigenvalue weighted by atomic mass is 16.2. The lowest BCUT2D eigenvalue weighted by Crippen LogP contribution is -2.37. The molecule has 6 heteroatoms. The molecular weight excluding hydrogens is 316 g/mol. The average Bonchev–Trinajstić information content (AvgIpc) is 2.82. The largest absolute Gasteiger partial charge is 0.341 e. The fourth-order valence-corrected chi connectivity index (χ4v) is 2.66. The van der Waals surface area contributed by atoms with Gasteiger partial charge in [-0.2, -0.15) is 5.10 Å². The third-order valence-corrected chi connectivity index (χ3v) is 4.01. The Morgan fingerprint density at radius 3 is 2.32 bits per heavy atom. The molecule has 2 amide bonds. The van der Waals surface area contributed by atoms with Gasteiger partial charge in [-0.1, -0.05) is 44.2 Å². The van der Waals surface area contributed by atoms with Crippen LogP contribution >= 0.6 is 0 Å². The molecule has 6 nitrogen and oxygen atoms in total. The number of hydrogen-bond donors (Lipinski definition) is 2. The average molecular weight is 342 g/mol. The highest BCUT2D eigenvalue weighted by Crippen LogP contribution is 2.20. The molecule has 1 aromatic heterocycles. The van der Waals surface area contributed by atoms with Crippen LogP contribution in [0.1, 0.15) is 43.8 Å². The molecule has 0 radical (unpaired) electrons. The molecule has 1 aromatic carbocycles. The molecule has 25 heavy (non-hydrogen) atoms. The number of anilines is 1. The summed E-state index contributed by atoms with van der Waals surface area (Å²) in [4.78, 5) is 24.4. The number of nitrogens with zero attached hydrogens (tertiary/aromatic N) is 2. The van der Waals surface area contributed by atoms with E-state index in [1.807, 2.05) is 55.8 Å². The van der Waals surface area contributed by atoms with Crippen molar-refractivity contribution in [3.05, 3.63) is 47.3 Å². The maximum Gasteiger partial charge on any atom is 0.313 e. The summed E-state index contributed by atoms with van der Waals surface area (Å²) in [5.74, 6) is -0.901. The summed E-state index contributed by atoms with van der Waals surface area (Å²) in [6.07, 6.45) is 0. The van der Waals surface area contributed by atoms with Gasteiger partial charge in [-0.3, -0.25) is 14.3 Å². The molecule has 2 rings (SSSR count). The Morgan fingerprint density at radius 1 is 1.08 bits per heavy atom. The lowest BCUT2D eigenvalue weighted by molar-refractivity contribution is -0.136. The summed E-state index contributed by atoms with van der Waals surface area (Å²) >= 11 is 0. The number of rotatable bonds is 5. The zero-order valence-electron chi connectivity index (χ0n) is 15.5. The van der Waals surface area contributed by atoms with Crippen LogP contribution in [-0.4, -0.2) is 21.6 Å². The minimum Gasteiger partial charge on any atom is -0.341 e. The second-order valence-corrected chi connectivity index (χ2v) is 6.68. The Morgan fingerprint density at radius 2 is 1.72 bits per heavy atom. The molecule has 0 aliphatic rings. The Bertz CT molecular complexity index is 750. The third-order valence-electron chi connectivity index (χ3n) is 4.01. The highest BCUT2D eigenvalue weighted by Gasteiger charge is 2.21. The van der Waals surface area contributed by atoms with Crippen LogP contribution in [0.4, 0.5) is 5.69 Å². The first-order valence-corrected chi connectivity index (χ1v) is 8.50. The molecule has 134 valence electrons. The first-order chi connectivity index (χ1) is 11.8. The number of carbonyl (C=O) groups is 2.